The van der Waals surface area contributed by atoms with Crippen LogP contribution in [0.15, 0.2) is 12.2 Å². The second-order valence-electron chi connectivity index (χ2n) is 4.82. The van der Waals surface area contributed by atoms with Crippen molar-refractivity contribution in [3.8, 4) is 0 Å². The molecule has 0 aromatic carbocycles. The molecule has 3 heteroatoms. The second kappa shape index (κ2) is 4.13. The van der Waals surface area contributed by atoms with Crippen LogP contribution >= 0.6 is 0 Å². The average molecular weight is 197 g/mol. The number of carboxylic acids is 1. The molecule has 80 valence electrons. The van der Waals surface area contributed by atoms with Gasteiger partial charge in [0.15, 0.2) is 0 Å². The normalized spacial score (nSPS) is 19.9. The van der Waals surface area contributed by atoms with Gasteiger partial charge >= 0.3 is 5.97 Å². The molecule has 0 fully saturated rings. The quantitative estimate of drug-likeness (QED) is 0.675. The number of hydrogen-bond acceptors (Lipinski definition) is 2. The first-order chi connectivity index (χ1) is 6.43. The largest absolute Gasteiger partial charge is 0.480 e. The molecule has 1 aliphatic carbocycles. The van der Waals surface area contributed by atoms with E-state index in [0.29, 0.717) is 5.92 Å². The molecule has 14 heavy (non-hydrogen) atoms. The van der Waals surface area contributed by atoms with Crippen molar-refractivity contribution < 1.29 is 9.90 Å². The van der Waals surface area contributed by atoms with E-state index in [1.165, 1.54) is 0 Å². The first-order valence-corrected chi connectivity index (χ1v) is 5.07. The molecule has 0 saturated heterocycles. The summed E-state index contributed by atoms with van der Waals surface area (Å²) >= 11 is 0. The van der Waals surface area contributed by atoms with Crippen LogP contribution in [0.4, 0.5) is 0 Å². The van der Waals surface area contributed by atoms with E-state index in [1.54, 1.807) is 0 Å². The molecule has 0 aromatic heterocycles. The van der Waals surface area contributed by atoms with Gasteiger partial charge in [-0.3, -0.25) is 4.79 Å². The van der Waals surface area contributed by atoms with E-state index < -0.39 is 12.0 Å². The Balaban J connectivity index is 2.51. The van der Waals surface area contributed by atoms with Crippen LogP contribution in [0.5, 0.6) is 0 Å². The predicted octanol–water partition coefficient (Wildman–Crippen LogP) is 1.78. The summed E-state index contributed by atoms with van der Waals surface area (Å²) in [6, 6.07) is -0.761. The number of carbonyl (C=O) groups is 1. The highest BCUT2D eigenvalue weighted by atomic mass is 16.4. The molecule has 1 aliphatic rings. The van der Waals surface area contributed by atoms with Crippen LogP contribution in [0.1, 0.15) is 33.1 Å². The molecule has 0 aliphatic heterocycles. The third-order valence-corrected chi connectivity index (χ3v) is 3.03. The standard InChI is InChI=1S/C11H19NO2/c1-11(2,9(12)10(13)14)7-8-5-3-4-6-8/h3-4,8-9H,5-7,12H2,1-2H3,(H,13,14)/t9-/m0/s1. The van der Waals surface area contributed by atoms with E-state index in [0.717, 1.165) is 19.3 Å². The molecule has 0 radical (unpaired) electrons. The molecule has 1 atom stereocenters. The lowest BCUT2D eigenvalue weighted by Crippen LogP contribution is -2.44. The topological polar surface area (TPSA) is 63.3 Å². The summed E-state index contributed by atoms with van der Waals surface area (Å²) in [6.45, 7) is 3.87. The minimum absolute atomic E-state index is 0.317. The Morgan fingerprint density at radius 2 is 2.07 bits per heavy atom. The first-order valence-electron chi connectivity index (χ1n) is 5.07. The van der Waals surface area contributed by atoms with Crippen LogP contribution in [-0.4, -0.2) is 17.1 Å². The van der Waals surface area contributed by atoms with E-state index in [1.807, 2.05) is 13.8 Å². The molecular formula is C11H19NO2. The van der Waals surface area contributed by atoms with Crippen molar-refractivity contribution in [2.45, 2.75) is 39.2 Å². The minimum Gasteiger partial charge on any atom is -0.480 e. The van der Waals surface area contributed by atoms with Crippen LogP contribution in [0, 0.1) is 11.3 Å². The third kappa shape index (κ3) is 2.58. The molecule has 1 rings (SSSR count). The minimum atomic E-state index is -0.902. The van der Waals surface area contributed by atoms with Gasteiger partial charge in [0.05, 0.1) is 0 Å². The van der Waals surface area contributed by atoms with Crippen LogP contribution in [0.2, 0.25) is 0 Å². The summed E-state index contributed by atoms with van der Waals surface area (Å²) in [5.41, 5.74) is 5.34. The Kier molecular flexibility index (Phi) is 3.32. The zero-order valence-electron chi connectivity index (χ0n) is 8.86. The van der Waals surface area contributed by atoms with Gasteiger partial charge in [-0.1, -0.05) is 26.0 Å². The number of aliphatic carboxylic acids is 1. The fraction of sp³-hybridized carbons (Fsp3) is 0.727. The van der Waals surface area contributed by atoms with Gasteiger partial charge in [0.1, 0.15) is 6.04 Å². The molecule has 3 N–H and O–H groups in total. The Bertz CT molecular complexity index is 238. The molecule has 0 heterocycles. The monoisotopic (exact) mass is 197 g/mol. The van der Waals surface area contributed by atoms with Crippen LogP contribution < -0.4 is 5.73 Å². The molecular weight excluding hydrogens is 178 g/mol. The maximum absolute atomic E-state index is 10.8. The van der Waals surface area contributed by atoms with E-state index in [2.05, 4.69) is 12.2 Å². The van der Waals surface area contributed by atoms with Gasteiger partial charge < -0.3 is 10.8 Å². The van der Waals surface area contributed by atoms with Crippen molar-refractivity contribution in [1.29, 1.82) is 0 Å². The molecule has 0 aromatic rings. The highest BCUT2D eigenvalue weighted by Gasteiger charge is 2.34. The van der Waals surface area contributed by atoms with Crippen molar-refractivity contribution in [1.82, 2.24) is 0 Å². The zero-order chi connectivity index (χ0) is 10.8. The van der Waals surface area contributed by atoms with Gasteiger partial charge in [0, 0.05) is 0 Å². The van der Waals surface area contributed by atoms with Gasteiger partial charge in [0.2, 0.25) is 0 Å². The maximum atomic E-state index is 10.8. The van der Waals surface area contributed by atoms with Gasteiger partial charge in [0.25, 0.3) is 0 Å². The van der Waals surface area contributed by atoms with E-state index in [-0.39, 0.29) is 5.41 Å². The van der Waals surface area contributed by atoms with Gasteiger partial charge in [-0.05, 0) is 30.6 Å². The Labute approximate surface area is 85.0 Å². The summed E-state index contributed by atoms with van der Waals surface area (Å²) in [6.07, 6.45) is 7.33. The van der Waals surface area contributed by atoms with Crippen molar-refractivity contribution >= 4 is 5.97 Å². The van der Waals surface area contributed by atoms with Crippen molar-refractivity contribution in [3.63, 3.8) is 0 Å². The third-order valence-electron chi connectivity index (χ3n) is 3.03. The zero-order valence-corrected chi connectivity index (χ0v) is 8.86. The van der Waals surface area contributed by atoms with E-state index in [4.69, 9.17) is 10.8 Å². The van der Waals surface area contributed by atoms with Crippen molar-refractivity contribution in [2.24, 2.45) is 17.1 Å². The fourth-order valence-electron chi connectivity index (χ4n) is 2.05. The highest BCUT2D eigenvalue weighted by molar-refractivity contribution is 5.74. The Hall–Kier alpha value is -0.830. The lowest BCUT2D eigenvalue weighted by molar-refractivity contribution is -0.141. The van der Waals surface area contributed by atoms with Crippen molar-refractivity contribution in [2.75, 3.05) is 0 Å². The lowest BCUT2D eigenvalue weighted by Gasteiger charge is -2.31. The average Bonchev–Trinajstić information content (AvgIpc) is 2.54. The number of nitrogens with two attached hydrogens (primary N) is 1. The summed E-state index contributed by atoms with van der Waals surface area (Å²) in [5, 5.41) is 8.85. The van der Waals surface area contributed by atoms with Crippen LogP contribution in [-0.2, 0) is 4.79 Å². The van der Waals surface area contributed by atoms with Crippen LogP contribution in [0.25, 0.3) is 0 Å². The summed E-state index contributed by atoms with van der Waals surface area (Å²) in [4.78, 5) is 10.8. The predicted molar refractivity (Wildman–Crippen MR) is 55.9 cm³/mol. The Morgan fingerprint density at radius 3 is 2.50 bits per heavy atom. The molecule has 0 unspecified atom stereocenters. The number of hydrogen-bond donors (Lipinski definition) is 2. The highest BCUT2D eigenvalue weighted by Crippen LogP contribution is 2.34. The first kappa shape index (κ1) is 11.2. The van der Waals surface area contributed by atoms with Gasteiger partial charge in [-0.15, -0.1) is 0 Å². The molecule has 0 amide bonds. The fourth-order valence-corrected chi connectivity index (χ4v) is 2.05. The molecule has 0 bridgehead atoms. The Morgan fingerprint density at radius 1 is 1.57 bits per heavy atom. The summed E-state index contributed by atoms with van der Waals surface area (Å²) in [5.74, 6) is -0.323. The number of rotatable bonds is 4. The lowest BCUT2D eigenvalue weighted by atomic mass is 9.76. The second-order valence-corrected chi connectivity index (χ2v) is 4.82. The summed E-state index contributed by atoms with van der Waals surface area (Å²) in [7, 11) is 0. The van der Waals surface area contributed by atoms with E-state index in [9.17, 15) is 4.79 Å². The van der Waals surface area contributed by atoms with Gasteiger partial charge in [-0.25, -0.2) is 0 Å². The number of carboxylic acid groups (broad SMARTS) is 1. The molecule has 0 spiro atoms. The molecule has 3 nitrogen and oxygen atoms in total. The SMILES string of the molecule is CC(C)(CC1CC=CC1)[C@@H](N)C(=O)O. The van der Waals surface area contributed by atoms with Crippen molar-refractivity contribution in [3.05, 3.63) is 12.2 Å². The smallest absolute Gasteiger partial charge is 0.321 e. The van der Waals surface area contributed by atoms with E-state index >= 15 is 0 Å². The number of allylic oxidation sites excluding steroid dienone is 2. The van der Waals surface area contributed by atoms with Gasteiger partial charge in [-0.2, -0.15) is 0 Å². The molecule has 0 saturated carbocycles. The summed E-state index contributed by atoms with van der Waals surface area (Å²) < 4.78 is 0. The maximum Gasteiger partial charge on any atom is 0.321 e. The van der Waals surface area contributed by atoms with Crippen LogP contribution in [0.3, 0.4) is 0 Å².